The van der Waals surface area contributed by atoms with Gasteiger partial charge in [-0.2, -0.15) is 0 Å². The van der Waals surface area contributed by atoms with Crippen molar-refractivity contribution >= 4 is 60.8 Å². The van der Waals surface area contributed by atoms with Gasteiger partial charge >= 0.3 is 0 Å². The van der Waals surface area contributed by atoms with E-state index >= 15 is 0 Å². The Balaban J connectivity index is 0.920. The largest absolute Gasteiger partial charge is 0.455 e. The van der Waals surface area contributed by atoms with Crippen LogP contribution in [0.5, 0.6) is 0 Å². The Labute approximate surface area is 401 Å². The molecule has 0 fully saturated rings. The van der Waals surface area contributed by atoms with E-state index in [1.165, 1.54) is 49.6 Å². The zero-order valence-electron chi connectivity index (χ0n) is 37.7. The monoisotopic (exact) mass is 880 g/mol. The summed E-state index contributed by atoms with van der Waals surface area (Å²) in [5, 5.41) is 4.76. The SMILES string of the molecule is c1ccc(-c2ccccc2-c2ccccc2N(c2ccc(-c3cccc4c3oc3ccccc34)cc2)c2cccc(-c3ccc(-c4ccccc4-n4c5ccccc5c5ccccc54)cc3)c2)cc1. The summed E-state index contributed by atoms with van der Waals surface area (Å²) in [6.45, 7) is 0. The molecule has 0 unspecified atom stereocenters. The van der Waals surface area contributed by atoms with E-state index in [-0.39, 0.29) is 0 Å². The molecule has 0 N–H and O–H groups in total. The lowest BCUT2D eigenvalue weighted by atomic mass is 9.93. The Bertz CT molecular complexity index is 3960. The van der Waals surface area contributed by atoms with Crippen LogP contribution in [-0.4, -0.2) is 4.57 Å². The molecule has 0 aliphatic carbocycles. The van der Waals surface area contributed by atoms with Crippen LogP contribution in [0.2, 0.25) is 0 Å². The molecule has 0 saturated carbocycles. The Morgan fingerprint density at radius 1 is 0.290 bits per heavy atom. The van der Waals surface area contributed by atoms with Crippen LogP contribution in [0.15, 0.2) is 271 Å². The number of para-hydroxylation sites is 6. The Hall–Kier alpha value is -9.18. The van der Waals surface area contributed by atoms with E-state index in [0.29, 0.717) is 0 Å². The summed E-state index contributed by atoms with van der Waals surface area (Å²) in [6.07, 6.45) is 0. The van der Waals surface area contributed by atoms with Crippen LogP contribution in [0.25, 0.3) is 105 Å². The molecule has 0 aliphatic rings. The highest BCUT2D eigenvalue weighted by Gasteiger charge is 2.21. The van der Waals surface area contributed by atoms with Crippen molar-refractivity contribution in [3.63, 3.8) is 0 Å². The van der Waals surface area contributed by atoms with E-state index in [4.69, 9.17) is 4.42 Å². The highest BCUT2D eigenvalue weighted by Crippen LogP contribution is 2.46. The van der Waals surface area contributed by atoms with Crippen molar-refractivity contribution < 1.29 is 4.42 Å². The maximum absolute atomic E-state index is 6.50. The second-order valence-electron chi connectivity index (χ2n) is 17.6. The molecular formula is C66H44N2O. The molecular weight excluding hydrogens is 837 g/mol. The molecule has 11 aromatic carbocycles. The van der Waals surface area contributed by atoms with Gasteiger partial charge < -0.3 is 13.9 Å². The molecule has 324 valence electrons. The lowest BCUT2D eigenvalue weighted by Gasteiger charge is -2.29. The number of hydrogen-bond donors (Lipinski definition) is 0. The molecule has 13 aromatic rings. The van der Waals surface area contributed by atoms with Gasteiger partial charge in [-0.3, -0.25) is 0 Å². The van der Waals surface area contributed by atoms with Crippen LogP contribution in [0.1, 0.15) is 0 Å². The summed E-state index contributed by atoms with van der Waals surface area (Å²) >= 11 is 0. The first-order valence-electron chi connectivity index (χ1n) is 23.6. The summed E-state index contributed by atoms with van der Waals surface area (Å²) in [6, 6.07) is 96.1. The van der Waals surface area contributed by atoms with Crippen LogP contribution in [0, 0.1) is 0 Å². The van der Waals surface area contributed by atoms with Gasteiger partial charge in [0.1, 0.15) is 11.2 Å². The molecule has 2 aromatic heterocycles. The van der Waals surface area contributed by atoms with E-state index in [0.717, 1.165) is 72.5 Å². The fourth-order valence-corrected chi connectivity index (χ4v) is 10.4. The molecule has 0 spiro atoms. The van der Waals surface area contributed by atoms with E-state index in [9.17, 15) is 0 Å². The van der Waals surface area contributed by atoms with Crippen molar-refractivity contribution in [1.82, 2.24) is 4.57 Å². The van der Waals surface area contributed by atoms with Gasteiger partial charge in [-0.1, -0.05) is 212 Å². The first kappa shape index (κ1) is 40.1. The third-order valence-corrected chi connectivity index (χ3v) is 13.6. The lowest BCUT2D eigenvalue weighted by Crippen LogP contribution is -2.11. The van der Waals surface area contributed by atoms with Crippen molar-refractivity contribution in [1.29, 1.82) is 0 Å². The van der Waals surface area contributed by atoms with Crippen LogP contribution < -0.4 is 4.90 Å². The average Bonchev–Trinajstić information content (AvgIpc) is 3.98. The third-order valence-electron chi connectivity index (χ3n) is 13.6. The molecule has 69 heavy (non-hydrogen) atoms. The molecule has 13 rings (SSSR count). The van der Waals surface area contributed by atoms with E-state index in [1.54, 1.807) is 0 Å². The minimum atomic E-state index is 0.897. The molecule has 3 nitrogen and oxygen atoms in total. The van der Waals surface area contributed by atoms with Gasteiger partial charge in [0.05, 0.1) is 22.4 Å². The summed E-state index contributed by atoms with van der Waals surface area (Å²) in [4.78, 5) is 2.41. The predicted octanol–water partition coefficient (Wildman–Crippen LogP) is 18.5. The predicted molar refractivity (Wildman–Crippen MR) is 290 cm³/mol. The van der Waals surface area contributed by atoms with Crippen LogP contribution in [0.4, 0.5) is 17.1 Å². The average molecular weight is 881 g/mol. The summed E-state index contributed by atoms with van der Waals surface area (Å²) in [5.74, 6) is 0. The van der Waals surface area contributed by atoms with Gasteiger partial charge in [-0.05, 0) is 93.5 Å². The van der Waals surface area contributed by atoms with Crippen molar-refractivity contribution in [2.45, 2.75) is 0 Å². The van der Waals surface area contributed by atoms with Gasteiger partial charge in [0, 0.05) is 49.6 Å². The maximum Gasteiger partial charge on any atom is 0.143 e. The molecule has 0 bridgehead atoms. The van der Waals surface area contributed by atoms with Gasteiger partial charge in [-0.15, -0.1) is 0 Å². The Morgan fingerprint density at radius 2 is 0.797 bits per heavy atom. The molecule has 0 aliphatic heterocycles. The number of nitrogens with zero attached hydrogens (tertiary/aromatic N) is 2. The minimum Gasteiger partial charge on any atom is -0.455 e. The van der Waals surface area contributed by atoms with E-state index in [2.05, 4.69) is 264 Å². The minimum absolute atomic E-state index is 0.897. The van der Waals surface area contributed by atoms with Crippen molar-refractivity contribution in [3.05, 3.63) is 267 Å². The molecule has 0 amide bonds. The second kappa shape index (κ2) is 16.9. The zero-order chi connectivity index (χ0) is 45.7. The summed E-state index contributed by atoms with van der Waals surface area (Å²) in [5.41, 5.74) is 20.0. The van der Waals surface area contributed by atoms with Crippen molar-refractivity contribution in [2.24, 2.45) is 0 Å². The standard InChI is InChI=1S/C66H44N2O/c1-2-18-46(19-3-1)52-22-4-5-24-55(52)56-25-7-12-32-62(56)67(50-42-40-48(41-43-50)54-29-17-30-60-59-28-10-15-35-65(59)69-66(54)60)51-21-16-20-49(44-51)45-36-38-47(39-37-45)53-23-6-11-31-61(53)68-63-33-13-8-26-57(63)58-27-9-14-34-64(58)68/h1-44H. The van der Waals surface area contributed by atoms with E-state index in [1.807, 2.05) is 12.1 Å². The highest BCUT2D eigenvalue weighted by molar-refractivity contribution is 6.11. The normalized spacial score (nSPS) is 11.5. The summed E-state index contributed by atoms with van der Waals surface area (Å²) < 4.78 is 8.91. The van der Waals surface area contributed by atoms with Gasteiger partial charge in [-0.25, -0.2) is 0 Å². The third kappa shape index (κ3) is 6.99. The van der Waals surface area contributed by atoms with Gasteiger partial charge in [0.15, 0.2) is 0 Å². The molecule has 0 radical (unpaired) electrons. The number of rotatable bonds is 9. The number of anilines is 3. The number of benzene rings is 11. The number of furan rings is 1. The highest BCUT2D eigenvalue weighted by atomic mass is 16.3. The first-order chi connectivity index (χ1) is 34.2. The van der Waals surface area contributed by atoms with Crippen LogP contribution in [-0.2, 0) is 0 Å². The van der Waals surface area contributed by atoms with Crippen molar-refractivity contribution in [3.8, 4) is 61.3 Å². The molecule has 2 heterocycles. The first-order valence-corrected chi connectivity index (χ1v) is 23.6. The Morgan fingerprint density at radius 3 is 1.57 bits per heavy atom. The second-order valence-corrected chi connectivity index (χ2v) is 17.6. The van der Waals surface area contributed by atoms with Crippen LogP contribution >= 0.6 is 0 Å². The van der Waals surface area contributed by atoms with Crippen molar-refractivity contribution in [2.75, 3.05) is 4.90 Å². The number of hydrogen-bond acceptors (Lipinski definition) is 2. The smallest absolute Gasteiger partial charge is 0.143 e. The van der Waals surface area contributed by atoms with E-state index < -0.39 is 0 Å². The number of aromatic nitrogens is 1. The van der Waals surface area contributed by atoms with Crippen LogP contribution in [0.3, 0.4) is 0 Å². The number of fused-ring (bicyclic) bond motifs is 6. The van der Waals surface area contributed by atoms with Gasteiger partial charge in [0.25, 0.3) is 0 Å². The van der Waals surface area contributed by atoms with Gasteiger partial charge in [0.2, 0.25) is 0 Å². The Kier molecular flexibility index (Phi) is 9.84. The maximum atomic E-state index is 6.50. The zero-order valence-corrected chi connectivity index (χ0v) is 37.7. The molecule has 3 heteroatoms. The fraction of sp³-hybridized carbons (Fsp3) is 0. The topological polar surface area (TPSA) is 21.3 Å². The summed E-state index contributed by atoms with van der Waals surface area (Å²) in [7, 11) is 0. The molecule has 0 atom stereocenters. The quantitative estimate of drug-likeness (QED) is 0.144. The fourth-order valence-electron chi connectivity index (χ4n) is 10.4. The lowest BCUT2D eigenvalue weighted by molar-refractivity contribution is 0.670. The molecule has 0 saturated heterocycles.